The Morgan fingerprint density at radius 3 is 2.86 bits per heavy atom. The molecule has 1 N–H and O–H groups in total. The van der Waals surface area contributed by atoms with Crippen molar-refractivity contribution in [2.75, 3.05) is 5.32 Å². The highest BCUT2D eigenvalue weighted by Gasteiger charge is 2.34. The van der Waals surface area contributed by atoms with Crippen LogP contribution in [0.5, 0.6) is 0 Å². The Balaban J connectivity index is 1.97. The normalized spacial score (nSPS) is 19.5. The van der Waals surface area contributed by atoms with Gasteiger partial charge < -0.3 is 9.84 Å². The molecule has 0 saturated carbocycles. The zero-order valence-electron chi connectivity index (χ0n) is 10.5. The minimum atomic E-state index is -0.620. The van der Waals surface area contributed by atoms with Crippen molar-refractivity contribution >= 4 is 28.9 Å². The number of Topliss-reactive ketones (excluding diaryl/α,β-unsaturated/α-hetero) is 1. The van der Waals surface area contributed by atoms with Crippen LogP contribution in [0.2, 0.25) is 0 Å². The molecule has 102 valence electrons. The zero-order valence-corrected chi connectivity index (χ0v) is 10.5. The summed E-state index contributed by atoms with van der Waals surface area (Å²) in [4.78, 5) is 24.5. The first kappa shape index (κ1) is 11.8. The first-order chi connectivity index (χ1) is 10.2. The van der Waals surface area contributed by atoms with Crippen molar-refractivity contribution in [1.29, 1.82) is 0 Å². The van der Waals surface area contributed by atoms with E-state index >= 15 is 0 Å². The molecule has 0 atom stereocenters. The van der Waals surface area contributed by atoms with E-state index in [9.17, 15) is 14.0 Å². The number of benzene rings is 1. The smallest absolute Gasteiger partial charge is 0.215 e. The van der Waals surface area contributed by atoms with E-state index in [1.54, 1.807) is 6.07 Å². The minimum absolute atomic E-state index is 0.0499. The summed E-state index contributed by atoms with van der Waals surface area (Å²) in [7, 11) is 0. The third kappa shape index (κ3) is 1.53. The summed E-state index contributed by atoms with van der Waals surface area (Å²) in [6.45, 7) is 0. The van der Waals surface area contributed by atoms with Crippen molar-refractivity contribution in [2.24, 2.45) is 0 Å². The van der Waals surface area contributed by atoms with E-state index in [4.69, 9.17) is 4.52 Å². The zero-order chi connectivity index (χ0) is 14.6. The summed E-state index contributed by atoms with van der Waals surface area (Å²) in [5.74, 6) is -1.52. The van der Waals surface area contributed by atoms with Crippen LogP contribution in [0.15, 0.2) is 40.8 Å². The lowest BCUT2D eigenvalue weighted by Crippen LogP contribution is -2.13. The van der Waals surface area contributed by atoms with Crippen molar-refractivity contribution in [3.05, 3.63) is 58.9 Å². The summed E-state index contributed by atoms with van der Waals surface area (Å²) >= 11 is 0. The number of aromatic nitrogens is 1. The Hall–Kier alpha value is -3.02. The van der Waals surface area contributed by atoms with E-state index in [-0.39, 0.29) is 22.6 Å². The quantitative estimate of drug-likeness (QED) is 0.751. The molecule has 2 aliphatic rings. The van der Waals surface area contributed by atoms with Gasteiger partial charge in [0.25, 0.3) is 0 Å². The molecule has 1 aromatic carbocycles. The van der Waals surface area contributed by atoms with Gasteiger partial charge in [0.1, 0.15) is 17.8 Å². The fourth-order valence-electron chi connectivity index (χ4n) is 2.53. The highest BCUT2D eigenvalue weighted by Crippen LogP contribution is 2.36. The molecule has 5 nitrogen and oxygen atoms in total. The standard InChI is InChI=1S/C15H7FN2O3/c16-8-2-1-3-10-13(8)15(20)14(17-10)12-7-6-21-18-9(7)4-5-11(12)19/h1-6,17H/b14-12+. The molecule has 1 aliphatic carbocycles. The topological polar surface area (TPSA) is 72.2 Å². The lowest BCUT2D eigenvalue weighted by Gasteiger charge is -2.09. The molecule has 0 spiro atoms. The Labute approximate surface area is 117 Å². The van der Waals surface area contributed by atoms with Crippen LogP contribution in [0.3, 0.4) is 0 Å². The van der Waals surface area contributed by atoms with Crippen LogP contribution in [-0.2, 0) is 4.79 Å². The summed E-state index contributed by atoms with van der Waals surface area (Å²) in [5.41, 5.74) is 1.38. The molecule has 0 radical (unpaired) electrons. The van der Waals surface area contributed by atoms with Gasteiger partial charge in [0.05, 0.1) is 28.1 Å². The van der Waals surface area contributed by atoms with Crippen LogP contribution in [0.25, 0.3) is 11.6 Å². The second kappa shape index (κ2) is 3.99. The van der Waals surface area contributed by atoms with E-state index in [0.29, 0.717) is 16.9 Å². The number of nitrogens with one attached hydrogen (secondary N) is 1. The highest BCUT2D eigenvalue weighted by molar-refractivity contribution is 6.37. The monoisotopic (exact) mass is 282 g/mol. The molecule has 0 bridgehead atoms. The molecule has 21 heavy (non-hydrogen) atoms. The van der Waals surface area contributed by atoms with Gasteiger partial charge in [-0.3, -0.25) is 9.59 Å². The lowest BCUT2D eigenvalue weighted by atomic mass is 9.93. The van der Waals surface area contributed by atoms with Gasteiger partial charge in [0, 0.05) is 0 Å². The highest BCUT2D eigenvalue weighted by atomic mass is 19.1. The molecule has 6 heteroatoms. The molecule has 0 saturated heterocycles. The van der Waals surface area contributed by atoms with Crippen molar-refractivity contribution in [3.8, 4) is 0 Å². The molecule has 2 heterocycles. The van der Waals surface area contributed by atoms with Crippen LogP contribution in [0, 0.1) is 5.82 Å². The third-order valence-electron chi connectivity index (χ3n) is 3.48. The van der Waals surface area contributed by atoms with Crippen molar-refractivity contribution in [3.63, 3.8) is 0 Å². The predicted octanol–water partition coefficient (Wildman–Crippen LogP) is 2.43. The Morgan fingerprint density at radius 1 is 1.19 bits per heavy atom. The fourth-order valence-corrected chi connectivity index (χ4v) is 2.53. The maximum Gasteiger partial charge on any atom is 0.215 e. The predicted molar refractivity (Wildman–Crippen MR) is 71.8 cm³/mol. The molecular weight excluding hydrogens is 275 g/mol. The van der Waals surface area contributed by atoms with Gasteiger partial charge >= 0.3 is 0 Å². The average Bonchev–Trinajstić information content (AvgIpc) is 3.05. The van der Waals surface area contributed by atoms with Crippen LogP contribution in [0.1, 0.15) is 21.6 Å². The van der Waals surface area contributed by atoms with E-state index in [1.807, 2.05) is 0 Å². The number of ketones is 2. The second-order valence-electron chi connectivity index (χ2n) is 4.68. The maximum absolute atomic E-state index is 13.8. The molecule has 2 aromatic rings. The number of halogens is 1. The summed E-state index contributed by atoms with van der Waals surface area (Å²) in [6, 6.07) is 4.29. The number of rotatable bonds is 0. The number of carbonyl (C=O) groups excluding carboxylic acids is 2. The van der Waals surface area contributed by atoms with Gasteiger partial charge in [-0.25, -0.2) is 4.39 Å². The van der Waals surface area contributed by atoms with Crippen molar-refractivity contribution in [1.82, 2.24) is 5.16 Å². The van der Waals surface area contributed by atoms with Crippen LogP contribution in [0.4, 0.5) is 10.1 Å². The van der Waals surface area contributed by atoms with Gasteiger partial charge in [-0.1, -0.05) is 11.2 Å². The van der Waals surface area contributed by atoms with Crippen molar-refractivity contribution < 1.29 is 18.5 Å². The van der Waals surface area contributed by atoms with E-state index in [0.717, 1.165) is 0 Å². The lowest BCUT2D eigenvalue weighted by molar-refractivity contribution is -0.109. The number of allylic oxidation sites excluding steroid dienone is 3. The van der Waals surface area contributed by atoms with Crippen LogP contribution in [-0.4, -0.2) is 16.7 Å². The number of nitrogens with zero attached hydrogens (tertiary/aromatic N) is 1. The first-order valence-electron chi connectivity index (χ1n) is 6.18. The second-order valence-corrected chi connectivity index (χ2v) is 4.68. The van der Waals surface area contributed by atoms with Gasteiger partial charge in [0.2, 0.25) is 5.78 Å². The molecule has 0 fully saturated rings. The molecule has 1 aliphatic heterocycles. The number of hydrogen-bond donors (Lipinski definition) is 1. The third-order valence-corrected chi connectivity index (χ3v) is 3.48. The van der Waals surface area contributed by atoms with E-state index < -0.39 is 11.6 Å². The Kier molecular flexibility index (Phi) is 2.24. The number of anilines is 1. The van der Waals surface area contributed by atoms with Gasteiger partial charge in [-0.15, -0.1) is 0 Å². The largest absolute Gasteiger partial charge is 0.363 e. The summed E-state index contributed by atoms with van der Waals surface area (Å²) in [5, 5.41) is 6.57. The summed E-state index contributed by atoms with van der Waals surface area (Å²) in [6.07, 6.45) is 4.12. The van der Waals surface area contributed by atoms with E-state index in [2.05, 4.69) is 10.5 Å². The van der Waals surface area contributed by atoms with Gasteiger partial charge in [-0.2, -0.15) is 0 Å². The SMILES string of the molecule is O=C1C=Cc2nocc2/C1=C1\Nc2cccc(F)c2C1=O. The molecular formula is C15H7FN2O3. The fraction of sp³-hybridized carbons (Fsp3) is 0. The summed E-state index contributed by atoms with van der Waals surface area (Å²) < 4.78 is 18.6. The maximum atomic E-state index is 13.8. The number of fused-ring (bicyclic) bond motifs is 2. The molecule has 4 rings (SSSR count). The average molecular weight is 282 g/mol. The molecule has 0 amide bonds. The first-order valence-corrected chi connectivity index (χ1v) is 6.18. The molecule has 1 aromatic heterocycles. The van der Waals surface area contributed by atoms with E-state index in [1.165, 1.54) is 30.5 Å². The number of hydrogen-bond acceptors (Lipinski definition) is 5. The van der Waals surface area contributed by atoms with Gasteiger partial charge in [0.15, 0.2) is 5.78 Å². The Morgan fingerprint density at radius 2 is 2.05 bits per heavy atom. The van der Waals surface area contributed by atoms with Gasteiger partial charge in [-0.05, 0) is 24.3 Å². The minimum Gasteiger partial charge on any atom is -0.363 e. The Bertz CT molecular complexity index is 877. The number of carbonyl (C=O) groups is 2. The van der Waals surface area contributed by atoms with Crippen molar-refractivity contribution in [2.45, 2.75) is 0 Å². The van der Waals surface area contributed by atoms with Crippen LogP contribution < -0.4 is 5.32 Å². The van der Waals surface area contributed by atoms with Crippen LogP contribution >= 0.6 is 0 Å². The molecule has 0 unspecified atom stereocenters.